The smallest absolute Gasteiger partial charge is 0.225 e. The minimum atomic E-state index is -3.61. The molecule has 1 N–H and O–H groups in total. The van der Waals surface area contributed by atoms with E-state index in [1.807, 2.05) is 19.1 Å². The van der Waals surface area contributed by atoms with Gasteiger partial charge in [-0.1, -0.05) is 15.9 Å². The molecule has 0 unspecified atom stereocenters. The van der Waals surface area contributed by atoms with Crippen molar-refractivity contribution in [3.05, 3.63) is 52.0 Å². The van der Waals surface area contributed by atoms with Gasteiger partial charge in [0.05, 0.1) is 10.6 Å². The van der Waals surface area contributed by atoms with Gasteiger partial charge in [-0.05, 0) is 67.3 Å². The van der Waals surface area contributed by atoms with Crippen molar-refractivity contribution in [2.45, 2.75) is 38.0 Å². The second-order valence-corrected chi connectivity index (χ2v) is 10.1. The molecule has 0 bridgehead atoms. The molecular weight excluding hydrogens is 456 g/mol. The third kappa shape index (κ3) is 5.05. The van der Waals surface area contributed by atoms with Gasteiger partial charge in [0.25, 0.3) is 0 Å². The van der Waals surface area contributed by atoms with Crippen LogP contribution in [0.25, 0.3) is 0 Å². The number of rotatable bonds is 5. The second kappa shape index (κ2) is 8.67. The number of nitrogens with one attached hydrogen (secondary N) is 1. The van der Waals surface area contributed by atoms with Crippen molar-refractivity contribution < 1.29 is 18.0 Å². The van der Waals surface area contributed by atoms with E-state index in [0.29, 0.717) is 12.2 Å². The minimum Gasteiger partial charge on any atom is -0.326 e. The first-order valence-electron chi connectivity index (χ1n) is 9.37. The highest BCUT2D eigenvalue weighted by Crippen LogP contribution is 2.30. The number of benzene rings is 2. The van der Waals surface area contributed by atoms with Crippen LogP contribution in [0.4, 0.5) is 11.4 Å². The first-order valence-corrected chi connectivity index (χ1v) is 11.8. The van der Waals surface area contributed by atoms with E-state index in [0.717, 1.165) is 34.1 Å². The van der Waals surface area contributed by atoms with Crippen LogP contribution in [0.5, 0.6) is 0 Å². The SMILES string of the molecule is CC(=O)N1CCCc2cc(S(=O)(=O)CCC(=O)Nc3ccc(Br)c(C)c3)ccc21. The summed E-state index contributed by atoms with van der Waals surface area (Å²) in [5.74, 6) is -0.679. The van der Waals surface area contributed by atoms with Crippen molar-refractivity contribution in [1.29, 1.82) is 0 Å². The van der Waals surface area contributed by atoms with Crippen LogP contribution >= 0.6 is 15.9 Å². The van der Waals surface area contributed by atoms with Crippen LogP contribution in [0.15, 0.2) is 45.8 Å². The zero-order valence-electron chi connectivity index (χ0n) is 16.4. The summed E-state index contributed by atoms with van der Waals surface area (Å²) < 4.78 is 26.4. The number of hydrogen-bond donors (Lipinski definition) is 1. The summed E-state index contributed by atoms with van der Waals surface area (Å²) in [6, 6.07) is 10.3. The number of nitrogens with zero attached hydrogens (tertiary/aromatic N) is 1. The molecule has 1 heterocycles. The minimum absolute atomic E-state index is 0.0543. The monoisotopic (exact) mass is 478 g/mol. The lowest BCUT2D eigenvalue weighted by Gasteiger charge is -2.28. The van der Waals surface area contributed by atoms with Crippen molar-refractivity contribution in [3.8, 4) is 0 Å². The van der Waals surface area contributed by atoms with Crippen LogP contribution in [-0.4, -0.2) is 32.5 Å². The Hall–Kier alpha value is -2.19. The molecule has 6 nitrogen and oxygen atoms in total. The molecule has 0 radical (unpaired) electrons. The topological polar surface area (TPSA) is 83.6 Å². The van der Waals surface area contributed by atoms with Gasteiger partial charge in [0, 0.05) is 35.7 Å². The van der Waals surface area contributed by atoms with Gasteiger partial charge in [0.2, 0.25) is 11.8 Å². The fraction of sp³-hybridized carbons (Fsp3) is 0.333. The number of amides is 2. The van der Waals surface area contributed by atoms with Crippen LogP contribution in [0.1, 0.15) is 30.9 Å². The Kier molecular flexibility index (Phi) is 6.43. The van der Waals surface area contributed by atoms with Crippen LogP contribution in [0.2, 0.25) is 0 Å². The lowest BCUT2D eigenvalue weighted by Crippen LogP contribution is -2.33. The molecule has 2 amide bonds. The Balaban J connectivity index is 1.68. The van der Waals surface area contributed by atoms with Crippen LogP contribution < -0.4 is 10.2 Å². The van der Waals surface area contributed by atoms with Crippen molar-refractivity contribution in [3.63, 3.8) is 0 Å². The second-order valence-electron chi connectivity index (χ2n) is 7.15. The molecule has 154 valence electrons. The molecule has 29 heavy (non-hydrogen) atoms. The molecule has 2 aromatic rings. The summed E-state index contributed by atoms with van der Waals surface area (Å²) in [4.78, 5) is 25.8. The van der Waals surface area contributed by atoms with Crippen molar-refractivity contribution >= 4 is 49.0 Å². The maximum Gasteiger partial charge on any atom is 0.225 e. The van der Waals surface area contributed by atoms with Gasteiger partial charge in [0.1, 0.15) is 0 Å². The lowest BCUT2D eigenvalue weighted by atomic mass is 10.0. The zero-order valence-corrected chi connectivity index (χ0v) is 18.8. The third-order valence-electron chi connectivity index (χ3n) is 4.95. The summed E-state index contributed by atoms with van der Waals surface area (Å²) in [6.07, 6.45) is 1.39. The fourth-order valence-electron chi connectivity index (χ4n) is 3.38. The van der Waals surface area contributed by atoms with E-state index in [1.54, 1.807) is 23.1 Å². The number of carbonyl (C=O) groups is 2. The quantitative estimate of drug-likeness (QED) is 0.706. The predicted octanol–water partition coefficient (Wildman–Crippen LogP) is 3.86. The Morgan fingerprint density at radius 1 is 1.17 bits per heavy atom. The van der Waals surface area contributed by atoms with Gasteiger partial charge >= 0.3 is 0 Å². The number of carbonyl (C=O) groups excluding carboxylic acids is 2. The summed E-state index contributed by atoms with van der Waals surface area (Å²) in [5.41, 5.74) is 3.23. The van der Waals surface area contributed by atoms with Gasteiger partial charge < -0.3 is 10.2 Å². The fourth-order valence-corrected chi connectivity index (χ4v) is 4.92. The predicted molar refractivity (Wildman–Crippen MR) is 117 cm³/mol. The Bertz CT molecular complexity index is 1070. The molecule has 0 spiro atoms. The number of hydrogen-bond acceptors (Lipinski definition) is 4. The number of aryl methyl sites for hydroxylation is 2. The number of sulfone groups is 1. The molecule has 0 aromatic heterocycles. The van der Waals surface area contributed by atoms with E-state index in [4.69, 9.17) is 0 Å². The van der Waals surface area contributed by atoms with Crippen molar-refractivity contribution in [2.24, 2.45) is 0 Å². The molecule has 3 rings (SSSR count). The van der Waals surface area contributed by atoms with Gasteiger partial charge in [-0.2, -0.15) is 0 Å². The molecule has 2 aromatic carbocycles. The van der Waals surface area contributed by atoms with Crippen molar-refractivity contribution in [1.82, 2.24) is 0 Å². The number of anilines is 2. The Morgan fingerprint density at radius 3 is 2.62 bits per heavy atom. The van der Waals surface area contributed by atoms with Gasteiger partial charge in [0.15, 0.2) is 9.84 Å². The zero-order chi connectivity index (χ0) is 21.2. The van der Waals surface area contributed by atoms with E-state index < -0.39 is 9.84 Å². The van der Waals surface area contributed by atoms with Gasteiger partial charge in [-0.3, -0.25) is 9.59 Å². The Labute approximate surface area is 179 Å². The third-order valence-corrected chi connectivity index (χ3v) is 7.55. The molecule has 0 saturated heterocycles. The van der Waals surface area contributed by atoms with E-state index in [1.165, 1.54) is 13.0 Å². The molecule has 1 aliphatic rings. The number of halogens is 1. The lowest BCUT2D eigenvalue weighted by molar-refractivity contribution is -0.117. The molecule has 0 atom stereocenters. The largest absolute Gasteiger partial charge is 0.326 e. The average Bonchev–Trinajstić information content (AvgIpc) is 2.68. The summed E-state index contributed by atoms with van der Waals surface area (Å²) >= 11 is 3.40. The van der Waals surface area contributed by atoms with Crippen LogP contribution in [0, 0.1) is 6.92 Å². The summed E-state index contributed by atoms with van der Waals surface area (Å²) in [7, 11) is -3.61. The molecule has 0 aliphatic carbocycles. The summed E-state index contributed by atoms with van der Waals surface area (Å²) in [5, 5.41) is 2.73. The maximum absolute atomic E-state index is 12.7. The molecule has 0 fully saturated rings. The van der Waals surface area contributed by atoms with Crippen LogP contribution in [-0.2, 0) is 25.8 Å². The number of fused-ring (bicyclic) bond motifs is 1. The Morgan fingerprint density at radius 2 is 1.93 bits per heavy atom. The maximum atomic E-state index is 12.7. The van der Waals surface area contributed by atoms with Crippen LogP contribution in [0.3, 0.4) is 0 Å². The summed E-state index contributed by atoms with van der Waals surface area (Å²) in [6.45, 7) is 4.06. The first-order chi connectivity index (χ1) is 13.7. The standard InChI is InChI=1S/C21H23BrN2O4S/c1-14-12-17(5-7-19(14)22)23-21(26)9-11-29(27,28)18-6-8-20-16(13-18)4-3-10-24(20)15(2)25/h5-8,12-13H,3-4,9-11H2,1-2H3,(H,23,26). The van der Waals surface area contributed by atoms with Gasteiger partial charge in [-0.15, -0.1) is 0 Å². The highest BCUT2D eigenvalue weighted by Gasteiger charge is 2.23. The van der Waals surface area contributed by atoms with E-state index >= 15 is 0 Å². The normalized spacial score (nSPS) is 13.7. The highest BCUT2D eigenvalue weighted by atomic mass is 79.9. The molecular formula is C21H23BrN2O4S. The molecule has 1 aliphatic heterocycles. The highest BCUT2D eigenvalue weighted by molar-refractivity contribution is 9.10. The first kappa shape index (κ1) is 21.5. The molecule has 8 heteroatoms. The van der Waals surface area contributed by atoms with Crippen molar-refractivity contribution in [2.75, 3.05) is 22.5 Å². The van der Waals surface area contributed by atoms with E-state index in [-0.39, 0.29) is 28.9 Å². The van der Waals surface area contributed by atoms with E-state index in [2.05, 4.69) is 21.2 Å². The molecule has 0 saturated carbocycles. The van der Waals surface area contributed by atoms with Gasteiger partial charge in [-0.25, -0.2) is 8.42 Å². The van der Waals surface area contributed by atoms with E-state index in [9.17, 15) is 18.0 Å². The average molecular weight is 479 g/mol.